The summed E-state index contributed by atoms with van der Waals surface area (Å²) in [5, 5.41) is 4.14. The zero-order valence-corrected chi connectivity index (χ0v) is 28.2. The molecule has 0 aliphatic heterocycles. The Morgan fingerprint density at radius 2 is 1.25 bits per heavy atom. The molecule has 3 aliphatic rings. The minimum Gasteiger partial charge on any atom is -0.456 e. The second kappa shape index (κ2) is 11.5. The summed E-state index contributed by atoms with van der Waals surface area (Å²) in [6.07, 6.45) is 18.3. The molecule has 11 rings (SSSR count). The van der Waals surface area contributed by atoms with Gasteiger partial charge in [0.05, 0.1) is 0 Å². The van der Waals surface area contributed by atoms with Crippen LogP contribution in [-0.4, -0.2) is 15.0 Å². The molecule has 0 fully saturated rings. The van der Waals surface area contributed by atoms with Gasteiger partial charge in [-0.2, -0.15) is 0 Å². The summed E-state index contributed by atoms with van der Waals surface area (Å²) < 4.78 is 12.9. The molecule has 52 heavy (non-hydrogen) atoms. The van der Waals surface area contributed by atoms with E-state index in [4.69, 9.17) is 23.8 Å². The summed E-state index contributed by atoms with van der Waals surface area (Å²) in [6, 6.07) is 37.2. The van der Waals surface area contributed by atoms with Crippen molar-refractivity contribution in [2.24, 2.45) is 11.8 Å². The van der Waals surface area contributed by atoms with Crippen LogP contribution in [0, 0.1) is 11.8 Å². The van der Waals surface area contributed by atoms with Crippen LogP contribution < -0.4 is 0 Å². The van der Waals surface area contributed by atoms with Crippen LogP contribution in [0.4, 0.5) is 0 Å². The highest BCUT2D eigenvalue weighted by Gasteiger charge is 2.29. The van der Waals surface area contributed by atoms with Crippen molar-refractivity contribution in [3.05, 3.63) is 169 Å². The molecule has 2 unspecified atom stereocenters. The number of fused-ring (bicyclic) bond motifs is 8. The second-order valence-electron chi connectivity index (χ2n) is 13.8. The molecule has 0 amide bonds. The lowest BCUT2D eigenvalue weighted by molar-refractivity contribution is 0.621. The summed E-state index contributed by atoms with van der Waals surface area (Å²) >= 11 is 0. The third kappa shape index (κ3) is 4.59. The molecule has 246 valence electrons. The largest absolute Gasteiger partial charge is 0.456 e. The van der Waals surface area contributed by atoms with E-state index in [0.717, 1.165) is 84.5 Å². The van der Waals surface area contributed by atoms with Crippen molar-refractivity contribution in [1.82, 2.24) is 15.0 Å². The average molecular weight is 670 g/mol. The van der Waals surface area contributed by atoms with E-state index in [1.807, 2.05) is 54.6 Å². The van der Waals surface area contributed by atoms with Gasteiger partial charge in [-0.05, 0) is 65.4 Å². The van der Waals surface area contributed by atoms with E-state index in [2.05, 4.69) is 97.1 Å². The number of para-hydroxylation sites is 2. The second-order valence-corrected chi connectivity index (χ2v) is 13.8. The van der Waals surface area contributed by atoms with Crippen molar-refractivity contribution < 1.29 is 8.83 Å². The summed E-state index contributed by atoms with van der Waals surface area (Å²) in [7, 11) is 0. The van der Waals surface area contributed by atoms with Crippen molar-refractivity contribution in [2.75, 3.05) is 0 Å². The first-order valence-corrected chi connectivity index (χ1v) is 17.9. The Bertz CT molecular complexity index is 2920. The minimum absolute atomic E-state index is 0.236. The molecule has 2 atom stereocenters. The Morgan fingerprint density at radius 3 is 2.10 bits per heavy atom. The van der Waals surface area contributed by atoms with Crippen molar-refractivity contribution in [3.8, 4) is 33.9 Å². The quantitative estimate of drug-likeness (QED) is 0.187. The predicted octanol–water partition coefficient (Wildman–Crippen LogP) is 12.1. The fraction of sp³-hybridized carbons (Fsp3) is 0.0851. The lowest BCUT2D eigenvalue weighted by atomic mass is 9.73. The Labute approximate surface area is 299 Å². The van der Waals surface area contributed by atoms with Crippen LogP contribution in [0.5, 0.6) is 0 Å². The fourth-order valence-electron chi connectivity index (χ4n) is 8.31. The first-order valence-electron chi connectivity index (χ1n) is 17.9. The van der Waals surface area contributed by atoms with E-state index in [9.17, 15) is 0 Å². The van der Waals surface area contributed by atoms with Gasteiger partial charge in [-0.15, -0.1) is 0 Å². The summed E-state index contributed by atoms with van der Waals surface area (Å²) in [4.78, 5) is 15.6. The van der Waals surface area contributed by atoms with Gasteiger partial charge in [0.15, 0.2) is 17.5 Å². The maximum atomic E-state index is 6.59. The van der Waals surface area contributed by atoms with Gasteiger partial charge in [-0.1, -0.05) is 121 Å². The molecule has 0 radical (unpaired) electrons. The van der Waals surface area contributed by atoms with Crippen LogP contribution in [0.15, 0.2) is 172 Å². The number of aromatic nitrogens is 3. The van der Waals surface area contributed by atoms with Crippen LogP contribution in [0.3, 0.4) is 0 Å². The van der Waals surface area contributed by atoms with Crippen LogP contribution in [0.2, 0.25) is 0 Å². The molecule has 5 heteroatoms. The summed E-state index contributed by atoms with van der Waals surface area (Å²) in [5.74, 6) is 2.44. The van der Waals surface area contributed by atoms with Gasteiger partial charge in [0, 0.05) is 50.1 Å². The molecule has 3 aliphatic carbocycles. The lowest BCUT2D eigenvalue weighted by Gasteiger charge is -2.31. The third-order valence-corrected chi connectivity index (χ3v) is 10.8. The van der Waals surface area contributed by atoms with Gasteiger partial charge in [0.1, 0.15) is 22.3 Å². The number of nitrogens with zero attached hydrogens (tertiary/aromatic N) is 3. The monoisotopic (exact) mass is 669 g/mol. The Hall–Kier alpha value is -6.59. The van der Waals surface area contributed by atoms with Crippen molar-refractivity contribution in [2.45, 2.75) is 12.8 Å². The van der Waals surface area contributed by atoms with Crippen LogP contribution in [-0.2, 0) is 0 Å². The highest BCUT2D eigenvalue weighted by Crippen LogP contribution is 2.44. The zero-order chi connectivity index (χ0) is 34.2. The number of hydrogen-bond donors (Lipinski definition) is 0. The van der Waals surface area contributed by atoms with E-state index in [0.29, 0.717) is 23.4 Å². The molecule has 5 nitrogen and oxygen atoms in total. The van der Waals surface area contributed by atoms with Crippen molar-refractivity contribution >= 4 is 49.5 Å². The van der Waals surface area contributed by atoms with Crippen LogP contribution in [0.1, 0.15) is 18.7 Å². The molecule has 0 saturated carbocycles. The predicted molar refractivity (Wildman–Crippen MR) is 209 cm³/mol. The van der Waals surface area contributed by atoms with Gasteiger partial charge in [0.2, 0.25) is 0 Å². The molecular weight excluding hydrogens is 639 g/mol. The van der Waals surface area contributed by atoms with Gasteiger partial charge in [0.25, 0.3) is 0 Å². The average Bonchev–Trinajstić information content (AvgIpc) is 3.79. The maximum Gasteiger partial charge on any atom is 0.164 e. The lowest BCUT2D eigenvalue weighted by Crippen LogP contribution is -2.19. The molecule has 0 N–H and O–H groups in total. The molecule has 5 aromatic carbocycles. The molecule has 0 bridgehead atoms. The van der Waals surface area contributed by atoms with Crippen LogP contribution in [0.25, 0.3) is 83.4 Å². The highest BCUT2D eigenvalue weighted by atomic mass is 16.3. The summed E-state index contributed by atoms with van der Waals surface area (Å²) in [5.41, 5.74) is 11.1. The van der Waals surface area contributed by atoms with E-state index < -0.39 is 0 Å². The first-order chi connectivity index (χ1) is 25.7. The van der Waals surface area contributed by atoms with Crippen molar-refractivity contribution in [3.63, 3.8) is 0 Å². The van der Waals surface area contributed by atoms with E-state index in [1.165, 1.54) is 11.1 Å². The Balaban J connectivity index is 1.15. The number of furan rings is 2. The van der Waals surface area contributed by atoms with Gasteiger partial charge in [-0.3, -0.25) is 0 Å². The smallest absolute Gasteiger partial charge is 0.164 e. The Morgan fingerprint density at radius 1 is 0.538 bits per heavy atom. The zero-order valence-electron chi connectivity index (χ0n) is 28.2. The standard InChI is InChI=1S/C47H31N3O2/c1-2-12-29(13-3-1)45-48-46(31-23-24-34-30(25-31)22-21-28-11-4-5-14-33(28)34)50-47(49-45)38-26-32(27-42-44(38)37-16-7-9-19-40(37)52-42)35-17-10-20-41-43(35)36-15-6-8-18-39(36)51-41/h1-3,5-10,12-27,30,34H,4,11H2. The molecule has 3 aromatic heterocycles. The number of hydrogen-bond acceptors (Lipinski definition) is 5. The SMILES string of the molecule is C1=CC2=C(C=CC3C=C(c4nc(-c5ccccc5)nc(-c5cc(-c6cccc7oc8ccccc8c67)cc6oc7ccccc7c56)n4)C=CC23)CC1. The molecule has 8 aromatic rings. The van der Waals surface area contributed by atoms with E-state index >= 15 is 0 Å². The van der Waals surface area contributed by atoms with Gasteiger partial charge in [-0.25, -0.2) is 15.0 Å². The number of rotatable bonds is 4. The van der Waals surface area contributed by atoms with Crippen LogP contribution >= 0.6 is 0 Å². The fourth-order valence-corrected chi connectivity index (χ4v) is 8.31. The normalized spacial score (nSPS) is 18.0. The molecule has 3 heterocycles. The minimum atomic E-state index is 0.236. The Kier molecular flexibility index (Phi) is 6.44. The molecule has 0 spiro atoms. The van der Waals surface area contributed by atoms with E-state index in [1.54, 1.807) is 0 Å². The van der Waals surface area contributed by atoms with Gasteiger partial charge < -0.3 is 8.83 Å². The van der Waals surface area contributed by atoms with Crippen molar-refractivity contribution in [1.29, 1.82) is 0 Å². The first kappa shape index (κ1) is 29.2. The highest BCUT2D eigenvalue weighted by molar-refractivity contribution is 6.16. The number of allylic oxidation sites excluding steroid dienone is 10. The summed E-state index contributed by atoms with van der Waals surface area (Å²) in [6.45, 7) is 0. The van der Waals surface area contributed by atoms with Gasteiger partial charge >= 0.3 is 0 Å². The number of benzene rings is 5. The maximum absolute atomic E-state index is 6.59. The topological polar surface area (TPSA) is 65.0 Å². The molecule has 0 saturated heterocycles. The molecular formula is C47H31N3O2. The van der Waals surface area contributed by atoms with E-state index in [-0.39, 0.29) is 5.92 Å². The third-order valence-electron chi connectivity index (χ3n) is 10.8.